The van der Waals surface area contributed by atoms with E-state index >= 15 is 0 Å². The van der Waals surface area contributed by atoms with E-state index in [-0.39, 0.29) is 24.2 Å². The van der Waals surface area contributed by atoms with E-state index in [0.717, 1.165) is 0 Å². The second-order valence-corrected chi connectivity index (χ2v) is 5.69. The van der Waals surface area contributed by atoms with E-state index in [4.69, 9.17) is 5.73 Å². The zero-order valence-electron chi connectivity index (χ0n) is 13.8. The number of nitrogens with zero attached hydrogens (tertiary/aromatic N) is 3. The number of hydrogen-bond donors (Lipinski definition) is 1. The Morgan fingerprint density at radius 3 is 2.04 bits per heavy atom. The first-order valence-electron chi connectivity index (χ1n) is 7.97. The lowest BCUT2D eigenvalue weighted by Gasteiger charge is -2.35. The summed E-state index contributed by atoms with van der Waals surface area (Å²) in [5, 5.41) is 0. The van der Waals surface area contributed by atoms with Crippen LogP contribution in [0, 0.1) is 0 Å². The Bertz CT molecular complexity index is 731. The van der Waals surface area contributed by atoms with Crippen molar-refractivity contribution in [3.8, 4) is 0 Å². The molecule has 132 valence electrons. The molecule has 0 spiro atoms. The number of carbonyl (C=O) groups is 2. The van der Waals surface area contributed by atoms with E-state index in [1.165, 1.54) is 0 Å². The molecule has 1 saturated heterocycles. The predicted octanol–water partition coefficient (Wildman–Crippen LogP) is 1.56. The summed E-state index contributed by atoms with van der Waals surface area (Å²) in [5.41, 5.74) is 7.54. The molecule has 1 aliphatic rings. The molecule has 7 heteroatoms. The molecule has 0 unspecified atom stereocenters. The Morgan fingerprint density at radius 1 is 0.920 bits per heavy atom. The maximum Gasteiger partial charge on any atom is 0.254 e. The highest BCUT2D eigenvalue weighted by Gasteiger charge is 2.25. The molecule has 1 aliphatic heterocycles. The Balaban J connectivity index is 0.00000225. The number of pyridine rings is 1. The van der Waals surface area contributed by atoms with Crippen molar-refractivity contribution in [3.63, 3.8) is 0 Å². The molecule has 0 bridgehead atoms. The molecule has 6 nitrogen and oxygen atoms in total. The minimum absolute atomic E-state index is 0. The first-order chi connectivity index (χ1) is 11.7. The normalized spacial score (nSPS) is 14.0. The van der Waals surface area contributed by atoms with Crippen LogP contribution in [-0.4, -0.2) is 52.8 Å². The summed E-state index contributed by atoms with van der Waals surface area (Å²) in [6.45, 7) is 2.43. The standard InChI is InChI=1S/C18H20N4O2.ClH/c19-13-16-12-15(6-7-20-16)18(24)22-10-8-21(9-11-22)17(23)14-4-2-1-3-5-14;/h1-7,12H,8-11,13,19H2;1H. The van der Waals surface area contributed by atoms with Gasteiger partial charge in [0, 0.05) is 50.0 Å². The average molecular weight is 361 g/mol. The van der Waals surface area contributed by atoms with Crippen molar-refractivity contribution < 1.29 is 9.59 Å². The van der Waals surface area contributed by atoms with E-state index in [1.54, 1.807) is 28.1 Å². The van der Waals surface area contributed by atoms with Crippen LogP contribution >= 0.6 is 12.4 Å². The number of carbonyl (C=O) groups excluding carboxylic acids is 2. The van der Waals surface area contributed by atoms with Gasteiger partial charge in [-0.25, -0.2) is 0 Å². The molecule has 0 aliphatic carbocycles. The van der Waals surface area contributed by atoms with Crippen molar-refractivity contribution in [2.45, 2.75) is 6.54 Å². The van der Waals surface area contributed by atoms with Gasteiger partial charge in [0.15, 0.2) is 0 Å². The van der Waals surface area contributed by atoms with E-state index in [1.807, 2.05) is 30.3 Å². The van der Waals surface area contributed by atoms with E-state index in [0.29, 0.717) is 49.5 Å². The van der Waals surface area contributed by atoms with Crippen LogP contribution in [0.2, 0.25) is 0 Å². The summed E-state index contributed by atoms with van der Waals surface area (Å²) in [5.74, 6) is -0.0315. The molecular formula is C18H21ClN4O2. The van der Waals surface area contributed by atoms with Gasteiger partial charge in [-0.3, -0.25) is 14.6 Å². The number of rotatable bonds is 3. The van der Waals surface area contributed by atoms with Crippen LogP contribution < -0.4 is 5.73 Å². The van der Waals surface area contributed by atoms with Gasteiger partial charge in [0.05, 0.1) is 5.69 Å². The summed E-state index contributed by atoms with van der Waals surface area (Å²) in [6.07, 6.45) is 1.60. The topological polar surface area (TPSA) is 79.5 Å². The second-order valence-electron chi connectivity index (χ2n) is 5.69. The van der Waals surface area contributed by atoms with E-state index in [2.05, 4.69) is 4.98 Å². The van der Waals surface area contributed by atoms with Gasteiger partial charge in [0.1, 0.15) is 0 Å². The fourth-order valence-corrected chi connectivity index (χ4v) is 2.78. The molecule has 2 heterocycles. The molecule has 0 atom stereocenters. The van der Waals surface area contributed by atoms with Crippen molar-refractivity contribution in [3.05, 3.63) is 65.5 Å². The highest BCUT2D eigenvalue weighted by Crippen LogP contribution is 2.12. The smallest absolute Gasteiger partial charge is 0.254 e. The molecule has 25 heavy (non-hydrogen) atoms. The number of amides is 2. The summed E-state index contributed by atoms with van der Waals surface area (Å²) < 4.78 is 0. The fraction of sp³-hybridized carbons (Fsp3) is 0.278. The predicted molar refractivity (Wildman–Crippen MR) is 97.6 cm³/mol. The summed E-state index contributed by atoms with van der Waals surface area (Å²) >= 11 is 0. The van der Waals surface area contributed by atoms with Crippen LogP contribution in [0.3, 0.4) is 0 Å². The molecule has 0 radical (unpaired) electrons. The molecular weight excluding hydrogens is 340 g/mol. The lowest BCUT2D eigenvalue weighted by Crippen LogP contribution is -2.50. The Kier molecular flexibility index (Phi) is 6.50. The number of aromatic nitrogens is 1. The van der Waals surface area contributed by atoms with Gasteiger partial charge in [-0.15, -0.1) is 12.4 Å². The van der Waals surface area contributed by atoms with E-state index in [9.17, 15) is 9.59 Å². The summed E-state index contributed by atoms with van der Waals surface area (Å²) in [6, 6.07) is 12.6. The lowest BCUT2D eigenvalue weighted by atomic mass is 10.1. The van der Waals surface area contributed by atoms with Crippen LogP contribution in [-0.2, 0) is 6.54 Å². The maximum absolute atomic E-state index is 12.6. The van der Waals surface area contributed by atoms with Crippen LogP contribution in [0.25, 0.3) is 0 Å². The maximum atomic E-state index is 12.6. The van der Waals surface area contributed by atoms with Crippen molar-refractivity contribution >= 4 is 24.2 Å². The van der Waals surface area contributed by atoms with Crippen LogP contribution in [0.4, 0.5) is 0 Å². The van der Waals surface area contributed by atoms with Crippen molar-refractivity contribution in [2.24, 2.45) is 5.73 Å². The highest BCUT2D eigenvalue weighted by atomic mass is 35.5. The number of piperazine rings is 1. The highest BCUT2D eigenvalue weighted by molar-refractivity contribution is 5.96. The average Bonchev–Trinajstić information content (AvgIpc) is 2.67. The van der Waals surface area contributed by atoms with Crippen molar-refractivity contribution in [1.29, 1.82) is 0 Å². The Hall–Kier alpha value is -2.44. The number of hydrogen-bond acceptors (Lipinski definition) is 4. The van der Waals surface area contributed by atoms with E-state index < -0.39 is 0 Å². The fourth-order valence-electron chi connectivity index (χ4n) is 2.78. The quantitative estimate of drug-likeness (QED) is 0.900. The van der Waals surface area contributed by atoms with Gasteiger partial charge in [-0.05, 0) is 24.3 Å². The summed E-state index contributed by atoms with van der Waals surface area (Å²) in [4.78, 5) is 32.7. The SMILES string of the molecule is Cl.NCc1cc(C(=O)N2CCN(C(=O)c3ccccc3)CC2)ccn1. The van der Waals surface area contributed by atoms with Gasteiger partial charge in [0.25, 0.3) is 11.8 Å². The minimum Gasteiger partial charge on any atom is -0.335 e. The lowest BCUT2D eigenvalue weighted by molar-refractivity contribution is 0.0535. The number of benzene rings is 1. The molecule has 3 rings (SSSR count). The molecule has 2 amide bonds. The molecule has 0 saturated carbocycles. The third-order valence-corrected chi connectivity index (χ3v) is 4.15. The molecule has 2 N–H and O–H groups in total. The van der Waals surface area contributed by atoms with Gasteiger partial charge in [-0.2, -0.15) is 0 Å². The Morgan fingerprint density at radius 2 is 1.48 bits per heavy atom. The van der Waals surface area contributed by atoms with Crippen molar-refractivity contribution in [1.82, 2.24) is 14.8 Å². The zero-order valence-corrected chi connectivity index (χ0v) is 14.6. The van der Waals surface area contributed by atoms with Crippen LogP contribution in [0.15, 0.2) is 48.7 Å². The second kappa shape index (κ2) is 8.60. The first kappa shape index (κ1) is 18.9. The van der Waals surface area contributed by atoms with Crippen LogP contribution in [0.1, 0.15) is 26.4 Å². The number of halogens is 1. The van der Waals surface area contributed by atoms with Gasteiger partial charge in [0.2, 0.25) is 0 Å². The zero-order chi connectivity index (χ0) is 16.9. The van der Waals surface area contributed by atoms with Gasteiger partial charge in [-0.1, -0.05) is 18.2 Å². The molecule has 2 aromatic rings. The third kappa shape index (κ3) is 4.35. The van der Waals surface area contributed by atoms with Gasteiger partial charge < -0.3 is 15.5 Å². The largest absolute Gasteiger partial charge is 0.335 e. The Labute approximate surface area is 153 Å². The molecule has 1 aromatic carbocycles. The number of nitrogens with two attached hydrogens (primary N) is 1. The molecule has 1 aromatic heterocycles. The summed E-state index contributed by atoms with van der Waals surface area (Å²) in [7, 11) is 0. The van der Waals surface area contributed by atoms with Crippen LogP contribution in [0.5, 0.6) is 0 Å². The van der Waals surface area contributed by atoms with Gasteiger partial charge >= 0.3 is 0 Å². The first-order valence-corrected chi connectivity index (χ1v) is 7.97. The van der Waals surface area contributed by atoms with Crippen molar-refractivity contribution in [2.75, 3.05) is 26.2 Å². The third-order valence-electron chi connectivity index (χ3n) is 4.15. The minimum atomic E-state index is -0.0427. The molecule has 1 fully saturated rings. The monoisotopic (exact) mass is 360 g/mol.